The highest BCUT2D eigenvalue weighted by Gasteiger charge is 2.40. The van der Waals surface area contributed by atoms with Crippen LogP contribution in [0.2, 0.25) is 0 Å². The minimum absolute atomic E-state index is 0.111. The summed E-state index contributed by atoms with van der Waals surface area (Å²) in [5.41, 5.74) is 0.111. The van der Waals surface area contributed by atoms with Gasteiger partial charge in [-0.05, 0) is 32.6 Å². The Morgan fingerprint density at radius 1 is 1.40 bits per heavy atom. The fraction of sp³-hybridized carbons (Fsp3) is 1.00. The van der Waals surface area contributed by atoms with Crippen LogP contribution < -0.4 is 5.32 Å². The molecule has 2 nitrogen and oxygen atoms in total. The molecule has 0 aromatic heterocycles. The molecule has 1 aliphatic carbocycles. The Bertz CT molecular complexity index is 129. The molecule has 1 saturated heterocycles. The smallest absolute Gasteiger partial charge is 0.119 e. The van der Waals surface area contributed by atoms with Gasteiger partial charge in [-0.1, -0.05) is 0 Å². The average molecular weight is 141 g/mol. The van der Waals surface area contributed by atoms with E-state index in [1.165, 1.54) is 25.7 Å². The molecule has 0 amide bonds. The molecule has 10 heavy (non-hydrogen) atoms. The van der Waals surface area contributed by atoms with Crippen molar-refractivity contribution < 1.29 is 4.74 Å². The predicted molar refractivity (Wildman–Crippen MR) is 39.7 cm³/mol. The molecule has 2 aliphatic rings. The molecule has 2 fully saturated rings. The lowest BCUT2D eigenvalue weighted by molar-refractivity contribution is -0.0382. The third-order valence-electron chi connectivity index (χ3n) is 2.55. The number of hydrogen-bond acceptors (Lipinski definition) is 2. The van der Waals surface area contributed by atoms with Crippen LogP contribution in [0.5, 0.6) is 0 Å². The summed E-state index contributed by atoms with van der Waals surface area (Å²) >= 11 is 0. The van der Waals surface area contributed by atoms with E-state index in [4.69, 9.17) is 4.74 Å². The Morgan fingerprint density at radius 2 is 2.10 bits per heavy atom. The first-order valence-corrected chi connectivity index (χ1v) is 4.24. The SMILES string of the molecule is C[C@H]1CNC2(CCCC2)O1. The average Bonchev–Trinajstić information content (AvgIpc) is 2.46. The van der Waals surface area contributed by atoms with Gasteiger partial charge in [0.2, 0.25) is 0 Å². The van der Waals surface area contributed by atoms with E-state index < -0.39 is 0 Å². The van der Waals surface area contributed by atoms with E-state index in [-0.39, 0.29) is 5.72 Å². The van der Waals surface area contributed by atoms with Crippen LogP contribution in [0.3, 0.4) is 0 Å². The Labute approximate surface area is 61.9 Å². The predicted octanol–water partition coefficient (Wildman–Crippen LogP) is 1.27. The third-order valence-corrected chi connectivity index (χ3v) is 2.55. The molecule has 1 aliphatic heterocycles. The first kappa shape index (κ1) is 6.62. The highest BCUT2D eigenvalue weighted by atomic mass is 16.5. The van der Waals surface area contributed by atoms with E-state index in [0.717, 1.165) is 6.54 Å². The van der Waals surface area contributed by atoms with Crippen molar-refractivity contribution in [2.75, 3.05) is 6.54 Å². The lowest BCUT2D eigenvalue weighted by atomic mass is 10.2. The molecule has 0 aromatic carbocycles. The summed E-state index contributed by atoms with van der Waals surface area (Å²) in [4.78, 5) is 0. The van der Waals surface area contributed by atoms with Crippen LogP contribution in [-0.4, -0.2) is 18.4 Å². The zero-order chi connectivity index (χ0) is 7.03. The molecule has 2 rings (SSSR count). The first-order valence-electron chi connectivity index (χ1n) is 4.24. The highest BCUT2D eigenvalue weighted by molar-refractivity contribution is 4.89. The molecule has 0 bridgehead atoms. The molecule has 1 atom stereocenters. The van der Waals surface area contributed by atoms with Crippen molar-refractivity contribution in [1.82, 2.24) is 5.32 Å². The van der Waals surface area contributed by atoms with E-state index in [0.29, 0.717) is 6.10 Å². The second-order valence-electron chi connectivity index (χ2n) is 3.51. The van der Waals surface area contributed by atoms with E-state index in [1.54, 1.807) is 0 Å². The summed E-state index contributed by atoms with van der Waals surface area (Å²) in [6.07, 6.45) is 5.53. The van der Waals surface area contributed by atoms with Crippen LogP contribution in [0, 0.1) is 0 Å². The number of rotatable bonds is 0. The van der Waals surface area contributed by atoms with Crippen molar-refractivity contribution in [3.63, 3.8) is 0 Å². The number of nitrogens with one attached hydrogen (secondary N) is 1. The highest BCUT2D eigenvalue weighted by Crippen LogP contribution is 2.34. The van der Waals surface area contributed by atoms with Crippen LogP contribution in [0.4, 0.5) is 0 Å². The topological polar surface area (TPSA) is 21.3 Å². The Morgan fingerprint density at radius 3 is 2.60 bits per heavy atom. The zero-order valence-corrected chi connectivity index (χ0v) is 6.52. The Hall–Kier alpha value is -0.0800. The normalized spacial score (nSPS) is 37.5. The van der Waals surface area contributed by atoms with Gasteiger partial charge in [-0.2, -0.15) is 0 Å². The van der Waals surface area contributed by atoms with Crippen LogP contribution in [0.15, 0.2) is 0 Å². The van der Waals surface area contributed by atoms with E-state index >= 15 is 0 Å². The van der Waals surface area contributed by atoms with Gasteiger partial charge in [0.25, 0.3) is 0 Å². The van der Waals surface area contributed by atoms with E-state index in [9.17, 15) is 0 Å². The maximum Gasteiger partial charge on any atom is 0.119 e. The summed E-state index contributed by atoms with van der Waals surface area (Å²) in [6.45, 7) is 3.18. The van der Waals surface area contributed by atoms with Crippen molar-refractivity contribution in [1.29, 1.82) is 0 Å². The molecule has 1 N–H and O–H groups in total. The van der Waals surface area contributed by atoms with Gasteiger partial charge in [0.05, 0.1) is 6.10 Å². The zero-order valence-electron chi connectivity index (χ0n) is 6.52. The molecular weight excluding hydrogens is 126 g/mol. The number of ether oxygens (including phenoxy) is 1. The van der Waals surface area contributed by atoms with Crippen LogP contribution in [0.1, 0.15) is 32.6 Å². The Balaban J connectivity index is 2.03. The largest absolute Gasteiger partial charge is 0.356 e. The van der Waals surface area contributed by atoms with Crippen molar-refractivity contribution in [3.05, 3.63) is 0 Å². The minimum atomic E-state index is 0.111. The second kappa shape index (κ2) is 2.21. The van der Waals surface area contributed by atoms with Crippen molar-refractivity contribution in [3.8, 4) is 0 Å². The van der Waals surface area contributed by atoms with Gasteiger partial charge in [0.15, 0.2) is 0 Å². The standard InChI is InChI=1S/C8H15NO/c1-7-6-9-8(10-7)4-2-3-5-8/h7,9H,2-6H2,1H3/t7-/m0/s1. The van der Waals surface area contributed by atoms with Crippen LogP contribution >= 0.6 is 0 Å². The van der Waals surface area contributed by atoms with Gasteiger partial charge < -0.3 is 4.74 Å². The molecule has 0 unspecified atom stereocenters. The molecule has 1 spiro atoms. The lowest BCUT2D eigenvalue weighted by Gasteiger charge is -2.22. The van der Waals surface area contributed by atoms with Crippen molar-refractivity contribution >= 4 is 0 Å². The fourth-order valence-electron chi connectivity index (χ4n) is 2.04. The summed E-state index contributed by atoms with van der Waals surface area (Å²) in [5.74, 6) is 0. The maximum atomic E-state index is 5.80. The van der Waals surface area contributed by atoms with Crippen molar-refractivity contribution in [2.45, 2.75) is 44.4 Å². The molecular formula is C8H15NO. The second-order valence-corrected chi connectivity index (χ2v) is 3.51. The molecule has 0 radical (unpaired) electrons. The monoisotopic (exact) mass is 141 g/mol. The van der Waals surface area contributed by atoms with Gasteiger partial charge in [0, 0.05) is 6.54 Å². The van der Waals surface area contributed by atoms with Gasteiger partial charge in [0.1, 0.15) is 5.72 Å². The van der Waals surface area contributed by atoms with Gasteiger partial charge in [-0.25, -0.2) is 0 Å². The fourth-order valence-corrected chi connectivity index (χ4v) is 2.04. The Kier molecular flexibility index (Phi) is 1.46. The molecule has 1 heterocycles. The molecule has 2 heteroatoms. The molecule has 58 valence electrons. The van der Waals surface area contributed by atoms with Crippen molar-refractivity contribution in [2.24, 2.45) is 0 Å². The van der Waals surface area contributed by atoms with Gasteiger partial charge in [-0.3, -0.25) is 5.32 Å². The summed E-state index contributed by atoms with van der Waals surface area (Å²) in [7, 11) is 0. The summed E-state index contributed by atoms with van der Waals surface area (Å²) in [5, 5.41) is 3.46. The molecule has 1 saturated carbocycles. The third kappa shape index (κ3) is 0.956. The summed E-state index contributed by atoms with van der Waals surface area (Å²) in [6, 6.07) is 0. The number of hydrogen-bond donors (Lipinski definition) is 1. The minimum Gasteiger partial charge on any atom is -0.356 e. The van der Waals surface area contributed by atoms with E-state index in [1.807, 2.05) is 0 Å². The van der Waals surface area contributed by atoms with Crippen LogP contribution in [-0.2, 0) is 4.74 Å². The molecule has 0 aromatic rings. The van der Waals surface area contributed by atoms with Gasteiger partial charge in [-0.15, -0.1) is 0 Å². The van der Waals surface area contributed by atoms with E-state index in [2.05, 4.69) is 12.2 Å². The first-order chi connectivity index (χ1) is 4.81. The lowest BCUT2D eigenvalue weighted by Crippen LogP contribution is -2.37. The maximum absolute atomic E-state index is 5.80. The van der Waals surface area contributed by atoms with Gasteiger partial charge >= 0.3 is 0 Å². The summed E-state index contributed by atoms with van der Waals surface area (Å²) < 4.78 is 5.80. The van der Waals surface area contributed by atoms with Crippen LogP contribution in [0.25, 0.3) is 0 Å². The quantitative estimate of drug-likeness (QED) is 0.548.